The summed E-state index contributed by atoms with van der Waals surface area (Å²) in [5.74, 6) is -0.131. The largest absolute Gasteiger partial charge is 0.383 e. The molecule has 0 aliphatic heterocycles. The fourth-order valence-electron chi connectivity index (χ4n) is 3.24. The summed E-state index contributed by atoms with van der Waals surface area (Å²) in [5.41, 5.74) is 8.14. The first kappa shape index (κ1) is 20.8. The molecule has 0 bridgehead atoms. The molecule has 10 heteroatoms. The number of aromatic nitrogens is 3. The average Bonchev–Trinajstić information content (AvgIpc) is 3.07. The number of halogens is 1. The van der Waals surface area contributed by atoms with Crippen LogP contribution in [-0.4, -0.2) is 28.7 Å². The molecule has 0 amide bonds. The van der Waals surface area contributed by atoms with Gasteiger partial charge in [0.2, 0.25) is 0 Å². The van der Waals surface area contributed by atoms with Gasteiger partial charge in [0.15, 0.2) is 5.78 Å². The number of rotatable bonds is 5. The number of benzene rings is 2. The maximum absolute atomic E-state index is 13.2. The second-order valence-corrected chi connectivity index (χ2v) is 9.13. The van der Waals surface area contributed by atoms with E-state index in [0.717, 1.165) is 5.56 Å². The van der Waals surface area contributed by atoms with E-state index in [9.17, 15) is 13.2 Å². The van der Waals surface area contributed by atoms with Gasteiger partial charge in [-0.3, -0.25) is 9.52 Å². The number of nitrogens with zero attached hydrogens (tertiary/aromatic N) is 3. The topological polar surface area (TPSA) is 120 Å². The number of nitrogens with two attached hydrogens (primary N) is 1. The number of hydrogen-bond acceptors (Lipinski definition) is 6. The quantitative estimate of drug-likeness (QED) is 0.444. The molecule has 0 spiro atoms. The number of fused-ring (bicyclic) bond motifs is 1. The van der Waals surface area contributed by atoms with Crippen molar-refractivity contribution in [2.75, 3.05) is 10.5 Å². The van der Waals surface area contributed by atoms with E-state index in [4.69, 9.17) is 17.3 Å². The zero-order valence-electron chi connectivity index (χ0n) is 16.6. The third kappa shape index (κ3) is 3.85. The van der Waals surface area contributed by atoms with Gasteiger partial charge in [-0.05, 0) is 36.8 Å². The number of aryl methyl sites for hydroxylation is 2. The predicted octanol–water partition coefficient (Wildman–Crippen LogP) is 3.54. The van der Waals surface area contributed by atoms with E-state index >= 15 is 0 Å². The molecule has 2 heterocycles. The van der Waals surface area contributed by atoms with Crippen molar-refractivity contribution in [2.45, 2.75) is 11.8 Å². The summed E-state index contributed by atoms with van der Waals surface area (Å²) in [6.07, 6.45) is 2.96. The van der Waals surface area contributed by atoms with E-state index in [0.29, 0.717) is 21.6 Å². The molecule has 4 aromatic rings. The Hall–Kier alpha value is -3.43. The van der Waals surface area contributed by atoms with Gasteiger partial charge < -0.3 is 10.3 Å². The van der Waals surface area contributed by atoms with Crippen LogP contribution in [0.1, 0.15) is 21.5 Å². The molecule has 0 aliphatic rings. The SMILES string of the molecule is Cc1ccc(S(=O)(=O)Nc2cccc(C(=O)c3cn(C)c4ncnc(N)c34)c2)cc1Cl. The molecule has 3 N–H and O–H groups in total. The van der Waals surface area contributed by atoms with Gasteiger partial charge in [-0.2, -0.15) is 0 Å². The van der Waals surface area contributed by atoms with Crippen molar-refractivity contribution < 1.29 is 13.2 Å². The van der Waals surface area contributed by atoms with E-state index in [2.05, 4.69) is 14.7 Å². The Morgan fingerprint density at radius 3 is 2.68 bits per heavy atom. The fraction of sp³-hybridized carbons (Fsp3) is 0.0952. The number of nitrogens with one attached hydrogen (secondary N) is 1. The van der Waals surface area contributed by atoms with Crippen molar-refractivity contribution in [1.82, 2.24) is 14.5 Å². The first-order valence-corrected chi connectivity index (χ1v) is 11.0. The summed E-state index contributed by atoms with van der Waals surface area (Å²) < 4.78 is 29.7. The van der Waals surface area contributed by atoms with Gasteiger partial charge in [0.05, 0.1) is 15.8 Å². The smallest absolute Gasteiger partial charge is 0.261 e. The second-order valence-electron chi connectivity index (χ2n) is 7.04. The number of ketones is 1. The molecule has 0 atom stereocenters. The standard InChI is InChI=1S/C21H18ClN5O3S/c1-12-6-7-15(9-17(12)22)31(29,30)26-14-5-3-4-13(8-14)19(28)16-10-27(2)21-18(16)20(23)24-11-25-21/h3-11,26H,1-2H3,(H2,23,24,25). The Kier molecular flexibility index (Phi) is 5.16. The van der Waals surface area contributed by atoms with Crippen molar-refractivity contribution in [2.24, 2.45) is 7.05 Å². The lowest BCUT2D eigenvalue weighted by molar-refractivity contribution is 0.104. The highest BCUT2D eigenvalue weighted by Gasteiger charge is 2.21. The Morgan fingerprint density at radius 2 is 1.94 bits per heavy atom. The van der Waals surface area contributed by atoms with Crippen LogP contribution in [0.15, 0.2) is 59.9 Å². The van der Waals surface area contributed by atoms with Crippen molar-refractivity contribution in [1.29, 1.82) is 0 Å². The van der Waals surface area contributed by atoms with Gasteiger partial charge in [-0.25, -0.2) is 18.4 Å². The van der Waals surface area contributed by atoms with Crippen LogP contribution in [0.2, 0.25) is 5.02 Å². The molecule has 0 fully saturated rings. The van der Waals surface area contributed by atoms with Gasteiger partial charge in [-0.1, -0.05) is 29.8 Å². The Bertz CT molecular complexity index is 1450. The highest BCUT2D eigenvalue weighted by Crippen LogP contribution is 2.27. The van der Waals surface area contributed by atoms with Crippen LogP contribution in [0, 0.1) is 6.92 Å². The highest BCUT2D eigenvalue weighted by atomic mass is 35.5. The van der Waals surface area contributed by atoms with Crippen LogP contribution in [-0.2, 0) is 17.1 Å². The Morgan fingerprint density at radius 1 is 1.16 bits per heavy atom. The van der Waals surface area contributed by atoms with Crippen LogP contribution in [0.25, 0.3) is 11.0 Å². The number of hydrogen-bond donors (Lipinski definition) is 2. The monoisotopic (exact) mass is 455 g/mol. The minimum atomic E-state index is -3.89. The Labute approximate surface area is 183 Å². The van der Waals surface area contributed by atoms with Gasteiger partial charge in [-0.15, -0.1) is 0 Å². The van der Waals surface area contributed by atoms with E-state index in [1.807, 2.05) is 0 Å². The lowest BCUT2D eigenvalue weighted by Crippen LogP contribution is -2.13. The number of nitrogen functional groups attached to an aromatic ring is 1. The fourth-order valence-corrected chi connectivity index (χ4v) is 4.56. The van der Waals surface area contributed by atoms with Crippen LogP contribution in [0.3, 0.4) is 0 Å². The van der Waals surface area contributed by atoms with Crippen molar-refractivity contribution >= 4 is 49.9 Å². The summed E-state index contributed by atoms with van der Waals surface area (Å²) in [7, 11) is -2.13. The second kappa shape index (κ2) is 7.68. The predicted molar refractivity (Wildman–Crippen MR) is 120 cm³/mol. The molecule has 4 rings (SSSR count). The van der Waals surface area contributed by atoms with Gasteiger partial charge in [0, 0.05) is 29.5 Å². The number of carbonyl (C=O) groups is 1. The maximum atomic E-state index is 13.2. The molecule has 158 valence electrons. The van der Waals surface area contributed by atoms with Crippen LogP contribution in [0.5, 0.6) is 0 Å². The van der Waals surface area contributed by atoms with Crippen molar-refractivity contribution in [3.05, 3.63) is 76.7 Å². The molecule has 0 unspecified atom stereocenters. The third-order valence-electron chi connectivity index (χ3n) is 4.86. The molecule has 0 aliphatic carbocycles. The lowest BCUT2D eigenvalue weighted by Gasteiger charge is -2.10. The summed E-state index contributed by atoms with van der Waals surface area (Å²) >= 11 is 6.06. The molecule has 8 nitrogen and oxygen atoms in total. The molecule has 2 aromatic heterocycles. The van der Waals surface area contributed by atoms with E-state index in [1.54, 1.807) is 49.0 Å². The minimum Gasteiger partial charge on any atom is -0.383 e. The number of sulfonamides is 1. The molecule has 0 saturated carbocycles. The van der Waals surface area contributed by atoms with E-state index < -0.39 is 10.0 Å². The molecular weight excluding hydrogens is 438 g/mol. The van der Waals surface area contributed by atoms with Gasteiger partial charge in [0.1, 0.15) is 17.8 Å². The van der Waals surface area contributed by atoms with Crippen LogP contribution >= 0.6 is 11.6 Å². The summed E-state index contributed by atoms with van der Waals surface area (Å²) in [5, 5.41) is 0.804. The number of anilines is 2. The molecule has 2 aromatic carbocycles. The number of carbonyl (C=O) groups excluding carboxylic acids is 1. The summed E-state index contributed by atoms with van der Waals surface area (Å²) in [4.78, 5) is 21.3. The highest BCUT2D eigenvalue weighted by molar-refractivity contribution is 7.92. The zero-order valence-corrected chi connectivity index (χ0v) is 18.2. The van der Waals surface area contributed by atoms with Gasteiger partial charge in [0.25, 0.3) is 10.0 Å². The van der Waals surface area contributed by atoms with E-state index in [1.165, 1.54) is 24.5 Å². The maximum Gasteiger partial charge on any atom is 0.261 e. The first-order valence-electron chi connectivity index (χ1n) is 9.16. The molecule has 31 heavy (non-hydrogen) atoms. The van der Waals surface area contributed by atoms with Crippen LogP contribution in [0.4, 0.5) is 11.5 Å². The average molecular weight is 456 g/mol. The first-order chi connectivity index (χ1) is 14.7. The van der Waals surface area contributed by atoms with Crippen molar-refractivity contribution in [3.63, 3.8) is 0 Å². The minimum absolute atomic E-state index is 0.0267. The zero-order chi connectivity index (χ0) is 22.3. The summed E-state index contributed by atoms with van der Waals surface area (Å²) in [6.45, 7) is 1.78. The normalized spacial score (nSPS) is 11.6. The molecule has 0 radical (unpaired) electrons. The molecule has 0 saturated heterocycles. The summed E-state index contributed by atoms with van der Waals surface area (Å²) in [6, 6.07) is 10.7. The van der Waals surface area contributed by atoms with Crippen molar-refractivity contribution in [3.8, 4) is 0 Å². The third-order valence-corrected chi connectivity index (χ3v) is 6.64. The Balaban J connectivity index is 1.69. The van der Waals surface area contributed by atoms with Gasteiger partial charge >= 0.3 is 0 Å². The van der Waals surface area contributed by atoms with E-state index in [-0.39, 0.29) is 27.7 Å². The molecular formula is C21H18ClN5O3S. The lowest BCUT2D eigenvalue weighted by atomic mass is 10.0. The van der Waals surface area contributed by atoms with Crippen LogP contribution < -0.4 is 10.5 Å².